The minimum atomic E-state index is -0.472. The molecule has 27 heavy (non-hydrogen) atoms. The van der Waals surface area contributed by atoms with Crippen molar-refractivity contribution in [3.05, 3.63) is 69.1 Å². The van der Waals surface area contributed by atoms with E-state index >= 15 is 0 Å². The van der Waals surface area contributed by atoms with Gasteiger partial charge in [-0.1, -0.05) is 29.8 Å². The van der Waals surface area contributed by atoms with Crippen molar-refractivity contribution in [1.82, 2.24) is 4.98 Å². The van der Waals surface area contributed by atoms with Gasteiger partial charge in [-0.25, -0.2) is 0 Å². The highest BCUT2D eigenvalue weighted by molar-refractivity contribution is 6.32. The number of pyridine rings is 1. The normalized spacial score (nSPS) is 11.8. The largest absolute Gasteiger partial charge is 0.506 e. The Morgan fingerprint density at radius 1 is 1.37 bits per heavy atom. The van der Waals surface area contributed by atoms with Gasteiger partial charge < -0.3 is 15.8 Å². The fourth-order valence-electron chi connectivity index (χ4n) is 2.86. The molecule has 0 saturated heterocycles. The molecule has 0 spiro atoms. The first-order valence-corrected chi connectivity index (χ1v) is 8.31. The third-order valence-corrected chi connectivity index (χ3v) is 4.44. The first-order chi connectivity index (χ1) is 13.0. The molecule has 3 rings (SSSR count). The SMILES string of the molecule is CN=CC(=CN)c1cccc(-c2c(O)c3cc(C#N)c(Cl)cc3[nH]c2=O)c1. The van der Waals surface area contributed by atoms with Crippen LogP contribution in [0.5, 0.6) is 5.75 Å². The zero-order valence-corrected chi connectivity index (χ0v) is 15.1. The van der Waals surface area contributed by atoms with E-state index in [1.807, 2.05) is 12.1 Å². The molecular weight excluding hydrogens is 364 g/mol. The van der Waals surface area contributed by atoms with Crippen LogP contribution < -0.4 is 11.3 Å². The number of nitrogens with one attached hydrogen (secondary N) is 1. The van der Waals surface area contributed by atoms with Gasteiger partial charge in [-0.05, 0) is 29.3 Å². The molecule has 3 aromatic rings. The van der Waals surface area contributed by atoms with Crippen LogP contribution in [0.2, 0.25) is 5.02 Å². The van der Waals surface area contributed by atoms with E-state index in [0.717, 1.165) is 5.56 Å². The van der Waals surface area contributed by atoms with Crippen LogP contribution in [0.3, 0.4) is 0 Å². The van der Waals surface area contributed by atoms with E-state index in [-0.39, 0.29) is 21.9 Å². The summed E-state index contributed by atoms with van der Waals surface area (Å²) in [5, 5.41) is 20.4. The Bertz CT molecular complexity index is 1200. The zero-order valence-electron chi connectivity index (χ0n) is 14.3. The molecule has 0 unspecified atom stereocenters. The number of hydrogen-bond donors (Lipinski definition) is 3. The van der Waals surface area contributed by atoms with Gasteiger partial charge in [-0.2, -0.15) is 5.26 Å². The molecule has 0 aliphatic heterocycles. The summed E-state index contributed by atoms with van der Waals surface area (Å²) in [4.78, 5) is 19.3. The van der Waals surface area contributed by atoms with Crippen molar-refractivity contribution in [3.63, 3.8) is 0 Å². The number of aromatic nitrogens is 1. The number of nitrogens with two attached hydrogens (primary N) is 1. The number of rotatable bonds is 3. The summed E-state index contributed by atoms with van der Waals surface area (Å²) >= 11 is 6.01. The van der Waals surface area contributed by atoms with E-state index in [1.165, 1.54) is 18.3 Å². The lowest BCUT2D eigenvalue weighted by Gasteiger charge is -2.10. The van der Waals surface area contributed by atoms with Crippen LogP contribution >= 0.6 is 11.6 Å². The molecular formula is C20H15ClN4O2. The van der Waals surface area contributed by atoms with Gasteiger partial charge in [0.05, 0.1) is 21.7 Å². The highest BCUT2D eigenvalue weighted by Crippen LogP contribution is 2.35. The van der Waals surface area contributed by atoms with Crippen molar-refractivity contribution in [2.24, 2.45) is 10.7 Å². The number of aromatic amines is 1. The highest BCUT2D eigenvalue weighted by Gasteiger charge is 2.16. The Labute approximate surface area is 159 Å². The molecule has 0 fully saturated rings. The topological polar surface area (TPSA) is 115 Å². The van der Waals surface area contributed by atoms with Gasteiger partial charge in [0, 0.05) is 30.4 Å². The molecule has 2 aromatic carbocycles. The summed E-state index contributed by atoms with van der Waals surface area (Å²) in [6.45, 7) is 0. The van der Waals surface area contributed by atoms with E-state index in [9.17, 15) is 9.90 Å². The van der Waals surface area contributed by atoms with E-state index in [4.69, 9.17) is 22.6 Å². The van der Waals surface area contributed by atoms with Crippen LogP contribution in [0.1, 0.15) is 11.1 Å². The maximum Gasteiger partial charge on any atom is 0.260 e. The fraction of sp³-hybridized carbons (Fsp3) is 0.0500. The summed E-state index contributed by atoms with van der Waals surface area (Å²) in [5.41, 5.74) is 7.75. The molecule has 1 heterocycles. The van der Waals surface area contributed by atoms with Gasteiger partial charge in [-0.3, -0.25) is 9.79 Å². The minimum absolute atomic E-state index is 0.0976. The number of benzene rings is 2. The summed E-state index contributed by atoms with van der Waals surface area (Å²) < 4.78 is 0. The fourth-order valence-corrected chi connectivity index (χ4v) is 3.07. The lowest BCUT2D eigenvalue weighted by Crippen LogP contribution is -2.09. The number of aliphatic imine (C=N–C) groups is 1. The van der Waals surface area contributed by atoms with Crippen LogP contribution in [0.4, 0.5) is 0 Å². The van der Waals surface area contributed by atoms with Gasteiger partial charge in [0.2, 0.25) is 0 Å². The number of nitrogens with zero attached hydrogens (tertiary/aromatic N) is 2. The van der Waals surface area contributed by atoms with Gasteiger partial charge in [0.15, 0.2) is 0 Å². The van der Waals surface area contributed by atoms with Crippen molar-refractivity contribution in [2.45, 2.75) is 0 Å². The zero-order chi connectivity index (χ0) is 19.6. The van der Waals surface area contributed by atoms with Crippen LogP contribution in [-0.2, 0) is 0 Å². The molecule has 0 saturated carbocycles. The first-order valence-electron chi connectivity index (χ1n) is 7.93. The highest BCUT2D eigenvalue weighted by atomic mass is 35.5. The second-order valence-corrected chi connectivity index (χ2v) is 6.16. The minimum Gasteiger partial charge on any atom is -0.506 e. The maximum atomic E-state index is 12.6. The molecule has 7 heteroatoms. The predicted octanol–water partition coefficient (Wildman–Crippen LogP) is 3.43. The van der Waals surface area contributed by atoms with E-state index in [0.29, 0.717) is 22.0 Å². The number of hydrogen-bond acceptors (Lipinski definition) is 5. The predicted molar refractivity (Wildman–Crippen MR) is 108 cm³/mol. The average molecular weight is 379 g/mol. The van der Waals surface area contributed by atoms with Crippen LogP contribution in [-0.4, -0.2) is 23.4 Å². The molecule has 134 valence electrons. The van der Waals surface area contributed by atoms with Crippen molar-refractivity contribution in [3.8, 4) is 22.9 Å². The van der Waals surface area contributed by atoms with Crippen molar-refractivity contribution in [2.75, 3.05) is 7.05 Å². The molecule has 6 nitrogen and oxygen atoms in total. The van der Waals surface area contributed by atoms with Gasteiger partial charge in [0.1, 0.15) is 11.8 Å². The Morgan fingerprint density at radius 3 is 2.81 bits per heavy atom. The Morgan fingerprint density at radius 2 is 2.15 bits per heavy atom. The van der Waals surface area contributed by atoms with Gasteiger partial charge in [0.25, 0.3) is 5.56 Å². The quantitative estimate of drug-likeness (QED) is 0.605. The van der Waals surface area contributed by atoms with Crippen molar-refractivity contribution < 1.29 is 5.11 Å². The summed E-state index contributed by atoms with van der Waals surface area (Å²) in [5.74, 6) is -0.221. The number of nitriles is 1. The Balaban J connectivity index is 2.28. The second kappa shape index (κ2) is 7.36. The van der Waals surface area contributed by atoms with Crippen LogP contribution in [0.15, 0.2) is 52.4 Å². The summed E-state index contributed by atoms with van der Waals surface area (Å²) in [7, 11) is 1.63. The molecule has 4 N–H and O–H groups in total. The van der Waals surface area contributed by atoms with Crippen molar-refractivity contribution >= 4 is 34.3 Å². The molecule has 0 aliphatic rings. The number of aromatic hydroxyl groups is 1. The molecule has 1 aromatic heterocycles. The van der Waals surface area contributed by atoms with E-state index < -0.39 is 5.56 Å². The molecule has 0 aliphatic carbocycles. The number of fused-ring (bicyclic) bond motifs is 1. The van der Waals surface area contributed by atoms with Gasteiger partial charge >= 0.3 is 0 Å². The molecule has 0 bridgehead atoms. The number of halogens is 1. The average Bonchev–Trinajstić information content (AvgIpc) is 2.66. The molecule has 0 atom stereocenters. The maximum absolute atomic E-state index is 12.6. The van der Waals surface area contributed by atoms with Gasteiger partial charge in [-0.15, -0.1) is 0 Å². The van der Waals surface area contributed by atoms with Crippen molar-refractivity contribution in [1.29, 1.82) is 5.26 Å². The van der Waals surface area contributed by atoms with Crippen LogP contribution in [0, 0.1) is 11.3 Å². The third-order valence-electron chi connectivity index (χ3n) is 4.13. The summed E-state index contributed by atoms with van der Waals surface area (Å²) in [6, 6.07) is 11.9. The smallest absolute Gasteiger partial charge is 0.260 e. The number of allylic oxidation sites excluding steroid dienone is 1. The lowest BCUT2D eigenvalue weighted by molar-refractivity contribution is 0.482. The van der Waals surface area contributed by atoms with E-state index in [1.54, 1.807) is 31.5 Å². The molecule has 0 radical (unpaired) electrons. The van der Waals surface area contributed by atoms with E-state index in [2.05, 4.69) is 9.98 Å². The standard InChI is InChI=1S/C20H15ClN4O2/c1-24-10-14(9-23)11-3-2-4-12(5-11)18-19(26)15-6-13(8-22)16(21)7-17(15)25-20(18)27/h2-7,9-10H,23H2,1H3,(H2,25,26,27). The Hall–Kier alpha value is -3.56. The van der Waals surface area contributed by atoms with Crippen LogP contribution in [0.25, 0.3) is 27.6 Å². The molecule has 0 amide bonds. The third kappa shape index (κ3) is 3.28. The number of H-pyrrole nitrogens is 1. The summed E-state index contributed by atoms with van der Waals surface area (Å²) in [6.07, 6.45) is 3.02. The Kier molecular flexibility index (Phi) is 4.97. The first kappa shape index (κ1) is 18.2. The monoisotopic (exact) mass is 378 g/mol. The lowest BCUT2D eigenvalue weighted by atomic mass is 9.98. The second-order valence-electron chi connectivity index (χ2n) is 5.76.